The lowest BCUT2D eigenvalue weighted by Gasteiger charge is -2.31. The molecule has 0 amide bonds. The molecule has 14 rings (SSSR count). The predicted octanol–water partition coefficient (Wildman–Crippen LogP) is 14.7. The number of nitrogens with zero attached hydrogens (tertiary/aromatic N) is 4. The summed E-state index contributed by atoms with van der Waals surface area (Å²) in [6, 6.07) is 73.2. The fourth-order valence-corrected chi connectivity index (χ4v) is 10.9. The van der Waals surface area contributed by atoms with Crippen molar-refractivity contribution in [2.24, 2.45) is 0 Å². The molecule has 0 fully saturated rings. The molecule has 0 saturated carbocycles. The van der Waals surface area contributed by atoms with Gasteiger partial charge in [0.2, 0.25) is 5.95 Å². The van der Waals surface area contributed by atoms with Crippen molar-refractivity contribution in [2.75, 3.05) is 0 Å². The summed E-state index contributed by atoms with van der Waals surface area (Å²) in [6.45, 7) is 2.42. The van der Waals surface area contributed by atoms with Crippen LogP contribution >= 0.6 is 0 Å². The summed E-state index contributed by atoms with van der Waals surface area (Å²) < 4.78 is 2.30. The monoisotopic (exact) mass is 800 g/mol. The van der Waals surface area contributed by atoms with Gasteiger partial charge < -0.3 is 0 Å². The maximum absolute atomic E-state index is 5.63. The highest BCUT2D eigenvalue weighted by Crippen LogP contribution is 2.57. The highest BCUT2D eigenvalue weighted by atomic mass is 15.2. The van der Waals surface area contributed by atoms with E-state index in [-0.39, 0.29) is 0 Å². The zero-order valence-corrected chi connectivity index (χ0v) is 34.3. The fraction of sp³-hybridized carbons (Fsp3) is 0.0339. The zero-order chi connectivity index (χ0) is 41.4. The SMILES string of the molecule is CC12c3cc4ccccc4cc3-c3nc(-c4ccc(-c5ccccc5)cc4)nc(n3)-n3c4cc5ccccc5cc4c4cccc(c43)-c3ccc(c1c3)-c1c2ccc2ccccc12. The second kappa shape index (κ2) is 12.7. The van der Waals surface area contributed by atoms with E-state index >= 15 is 0 Å². The number of hydrogen-bond acceptors (Lipinski definition) is 3. The molecule has 0 spiro atoms. The number of hydrogen-bond donors (Lipinski definition) is 0. The Balaban J connectivity index is 1.17. The first kappa shape index (κ1) is 34.5. The first-order valence-corrected chi connectivity index (χ1v) is 21.7. The van der Waals surface area contributed by atoms with Gasteiger partial charge >= 0.3 is 0 Å². The Bertz CT molecular complexity index is 3920. The van der Waals surface area contributed by atoms with Crippen molar-refractivity contribution in [3.05, 3.63) is 217 Å². The maximum Gasteiger partial charge on any atom is 0.238 e. The standard InChI is InChI=1S/C59H36N4/c1-59-50-29-27-37-14-9-10-19-44(37)54(50)47-28-26-43(33-51(47)59)45-20-11-21-46-48-30-39-15-6-8-18-42(39)34-53(48)63(55(45)46)58-61-56(38-24-22-36(23-25-38)35-12-3-2-4-13-35)60-57(62-58)49-31-40-16-5-7-17-41(40)32-52(49)59/h2-34H,1H3. The largest absolute Gasteiger partial charge is 0.277 e. The van der Waals surface area contributed by atoms with E-state index in [1.807, 2.05) is 0 Å². The molecular weight excluding hydrogens is 765 g/mol. The van der Waals surface area contributed by atoms with Crippen molar-refractivity contribution < 1.29 is 0 Å². The van der Waals surface area contributed by atoms with E-state index in [0.717, 1.165) is 60.4 Å². The Kier molecular flexibility index (Phi) is 6.94. The van der Waals surface area contributed by atoms with Crippen molar-refractivity contribution in [1.29, 1.82) is 0 Å². The van der Waals surface area contributed by atoms with Gasteiger partial charge in [-0.1, -0.05) is 170 Å². The van der Waals surface area contributed by atoms with Gasteiger partial charge in [0.1, 0.15) is 0 Å². The van der Waals surface area contributed by atoms with Crippen LogP contribution in [0.2, 0.25) is 0 Å². The number of aromatic nitrogens is 4. The summed E-state index contributed by atoms with van der Waals surface area (Å²) in [5, 5.41) is 9.49. The topological polar surface area (TPSA) is 43.6 Å². The number of fused-ring (bicyclic) bond motifs is 18. The molecule has 3 heterocycles. The van der Waals surface area contributed by atoms with Crippen molar-refractivity contribution in [3.8, 4) is 62.1 Å². The Labute approximate surface area is 363 Å². The Hall–Kier alpha value is -8.21. The second-order valence-electron chi connectivity index (χ2n) is 17.3. The molecule has 2 aliphatic rings. The van der Waals surface area contributed by atoms with Crippen LogP contribution < -0.4 is 0 Å². The van der Waals surface area contributed by atoms with Crippen LogP contribution in [0.1, 0.15) is 23.6 Å². The van der Waals surface area contributed by atoms with Crippen LogP contribution in [0.4, 0.5) is 0 Å². The highest BCUT2D eigenvalue weighted by Gasteiger charge is 2.44. The smallest absolute Gasteiger partial charge is 0.238 e. The van der Waals surface area contributed by atoms with Gasteiger partial charge in [0.05, 0.1) is 11.0 Å². The van der Waals surface area contributed by atoms with E-state index in [1.54, 1.807) is 0 Å². The summed E-state index contributed by atoms with van der Waals surface area (Å²) >= 11 is 0. The van der Waals surface area contributed by atoms with Crippen LogP contribution in [0.25, 0.3) is 116 Å². The Morgan fingerprint density at radius 2 is 0.984 bits per heavy atom. The molecule has 1 aliphatic heterocycles. The minimum Gasteiger partial charge on any atom is -0.277 e. The normalized spacial score (nSPS) is 14.8. The van der Waals surface area contributed by atoms with E-state index in [9.17, 15) is 0 Å². The summed E-state index contributed by atoms with van der Waals surface area (Å²) in [5.41, 5.74) is 14.4. The summed E-state index contributed by atoms with van der Waals surface area (Å²) in [6.07, 6.45) is 0. The molecule has 10 aromatic carbocycles. The number of para-hydroxylation sites is 1. The van der Waals surface area contributed by atoms with E-state index < -0.39 is 5.41 Å². The predicted molar refractivity (Wildman–Crippen MR) is 259 cm³/mol. The van der Waals surface area contributed by atoms with Gasteiger partial charge in [0, 0.05) is 32.9 Å². The molecule has 0 saturated heterocycles. The van der Waals surface area contributed by atoms with Gasteiger partial charge in [-0.3, -0.25) is 4.57 Å². The van der Waals surface area contributed by atoms with Crippen molar-refractivity contribution >= 4 is 54.1 Å². The molecule has 292 valence electrons. The van der Waals surface area contributed by atoms with Gasteiger partial charge in [0.15, 0.2) is 11.6 Å². The summed E-state index contributed by atoms with van der Waals surface area (Å²) in [5.74, 6) is 1.86. The second-order valence-corrected chi connectivity index (χ2v) is 17.3. The van der Waals surface area contributed by atoms with Gasteiger partial charge in [0.25, 0.3) is 0 Å². The summed E-state index contributed by atoms with van der Waals surface area (Å²) in [4.78, 5) is 16.6. The van der Waals surface area contributed by atoms with Gasteiger partial charge in [-0.25, -0.2) is 4.98 Å². The van der Waals surface area contributed by atoms with Crippen LogP contribution in [-0.4, -0.2) is 19.5 Å². The van der Waals surface area contributed by atoms with Gasteiger partial charge in [-0.15, -0.1) is 0 Å². The van der Waals surface area contributed by atoms with E-state index in [4.69, 9.17) is 15.0 Å². The molecular formula is C59H36N4. The van der Waals surface area contributed by atoms with E-state index in [0.29, 0.717) is 17.6 Å². The maximum atomic E-state index is 5.63. The number of rotatable bonds is 2. The molecule has 4 bridgehead atoms. The van der Waals surface area contributed by atoms with Gasteiger partial charge in [-0.05, 0) is 114 Å². The molecule has 2 aromatic heterocycles. The van der Waals surface area contributed by atoms with Crippen LogP contribution in [0, 0.1) is 0 Å². The lowest BCUT2D eigenvalue weighted by atomic mass is 9.71. The highest BCUT2D eigenvalue weighted by molar-refractivity contribution is 6.17. The lowest BCUT2D eigenvalue weighted by Crippen LogP contribution is -2.24. The first-order chi connectivity index (χ1) is 31.1. The molecule has 63 heavy (non-hydrogen) atoms. The van der Waals surface area contributed by atoms with Crippen molar-refractivity contribution in [3.63, 3.8) is 0 Å². The quantitative estimate of drug-likeness (QED) is 0.175. The molecule has 1 aliphatic carbocycles. The first-order valence-electron chi connectivity index (χ1n) is 21.7. The van der Waals surface area contributed by atoms with Crippen LogP contribution in [0.3, 0.4) is 0 Å². The molecule has 4 heteroatoms. The minimum atomic E-state index is -0.564. The molecule has 1 unspecified atom stereocenters. The minimum absolute atomic E-state index is 0.564. The van der Waals surface area contributed by atoms with Gasteiger partial charge in [-0.2, -0.15) is 9.97 Å². The third-order valence-corrected chi connectivity index (χ3v) is 14.0. The molecule has 0 radical (unpaired) electrons. The lowest BCUT2D eigenvalue weighted by molar-refractivity contribution is 0.716. The molecule has 4 nitrogen and oxygen atoms in total. The average molecular weight is 801 g/mol. The van der Waals surface area contributed by atoms with Crippen LogP contribution in [0.15, 0.2) is 200 Å². The fourth-order valence-electron chi connectivity index (χ4n) is 10.9. The van der Waals surface area contributed by atoms with Crippen LogP contribution in [0.5, 0.6) is 0 Å². The molecule has 12 aromatic rings. The zero-order valence-electron chi connectivity index (χ0n) is 34.3. The number of benzene rings is 10. The van der Waals surface area contributed by atoms with Crippen molar-refractivity contribution in [1.82, 2.24) is 19.5 Å². The Morgan fingerprint density at radius 1 is 0.365 bits per heavy atom. The third kappa shape index (κ3) is 4.83. The summed E-state index contributed by atoms with van der Waals surface area (Å²) in [7, 11) is 0. The molecule has 1 atom stereocenters. The third-order valence-electron chi connectivity index (χ3n) is 14.0. The van der Waals surface area contributed by atoms with Crippen LogP contribution in [-0.2, 0) is 5.41 Å². The Morgan fingerprint density at radius 3 is 1.79 bits per heavy atom. The van der Waals surface area contributed by atoms with Crippen molar-refractivity contribution in [2.45, 2.75) is 12.3 Å². The van der Waals surface area contributed by atoms with E-state index in [1.165, 1.54) is 54.9 Å². The molecule has 0 N–H and O–H groups in total. The van der Waals surface area contributed by atoms with E-state index in [2.05, 4.69) is 212 Å². The average Bonchev–Trinajstić information content (AvgIpc) is 3.81.